The van der Waals surface area contributed by atoms with Crippen LogP contribution in [0.25, 0.3) is 0 Å². The molecule has 0 aromatic heterocycles. The molecule has 2 unspecified atom stereocenters. The number of hydrogen-bond acceptors (Lipinski definition) is 1. The van der Waals surface area contributed by atoms with Crippen molar-refractivity contribution < 1.29 is 4.39 Å². The van der Waals surface area contributed by atoms with Crippen molar-refractivity contribution in [1.29, 1.82) is 0 Å². The third-order valence-corrected chi connectivity index (χ3v) is 3.18. The van der Waals surface area contributed by atoms with E-state index in [1.807, 2.05) is 12.1 Å². The molecule has 1 nitrogen and oxygen atoms in total. The van der Waals surface area contributed by atoms with E-state index in [4.69, 9.17) is 5.73 Å². The zero-order chi connectivity index (χ0) is 11.1. The summed E-state index contributed by atoms with van der Waals surface area (Å²) in [5.41, 5.74) is 7.41. The Morgan fingerprint density at radius 2 is 2.00 bits per heavy atom. The minimum absolute atomic E-state index is 0.0357. The van der Waals surface area contributed by atoms with Gasteiger partial charge in [-0.25, -0.2) is 4.39 Å². The Bertz CT molecular complexity index is 344. The molecule has 82 valence electrons. The van der Waals surface area contributed by atoms with Crippen LogP contribution in [0, 0.1) is 11.7 Å². The van der Waals surface area contributed by atoms with Gasteiger partial charge >= 0.3 is 0 Å². The standard InChI is InChI=1S/C13H18FN/c1-9(2)7-13(15)8-12(13)10-3-5-11(14)6-4-10/h3-6,9,12H,7-8,15H2,1-2H3. The lowest BCUT2D eigenvalue weighted by molar-refractivity contribution is 0.474. The SMILES string of the molecule is CC(C)CC1(N)CC1c1ccc(F)cc1. The summed E-state index contributed by atoms with van der Waals surface area (Å²) < 4.78 is 12.7. The third kappa shape index (κ3) is 2.20. The summed E-state index contributed by atoms with van der Waals surface area (Å²) in [6.45, 7) is 4.38. The van der Waals surface area contributed by atoms with Crippen LogP contribution in [0.4, 0.5) is 4.39 Å². The fourth-order valence-electron chi connectivity index (χ4n) is 2.45. The van der Waals surface area contributed by atoms with Crippen molar-refractivity contribution in [2.75, 3.05) is 0 Å². The van der Waals surface area contributed by atoms with Gasteiger partial charge in [-0.05, 0) is 36.5 Å². The Labute approximate surface area is 90.5 Å². The lowest BCUT2D eigenvalue weighted by Crippen LogP contribution is -2.26. The van der Waals surface area contributed by atoms with Gasteiger partial charge in [0.25, 0.3) is 0 Å². The number of nitrogens with two attached hydrogens (primary N) is 1. The van der Waals surface area contributed by atoms with E-state index in [0.29, 0.717) is 11.8 Å². The van der Waals surface area contributed by atoms with Crippen LogP contribution >= 0.6 is 0 Å². The highest BCUT2D eigenvalue weighted by molar-refractivity contribution is 5.33. The molecule has 0 saturated heterocycles. The molecule has 1 aliphatic carbocycles. The second kappa shape index (κ2) is 3.60. The van der Waals surface area contributed by atoms with Crippen molar-refractivity contribution in [2.45, 2.75) is 38.1 Å². The molecule has 0 heterocycles. The minimum atomic E-state index is -0.175. The fraction of sp³-hybridized carbons (Fsp3) is 0.538. The Hall–Kier alpha value is -0.890. The van der Waals surface area contributed by atoms with Crippen molar-refractivity contribution in [3.63, 3.8) is 0 Å². The Kier molecular flexibility index (Phi) is 2.55. The van der Waals surface area contributed by atoms with Gasteiger partial charge in [-0.3, -0.25) is 0 Å². The Balaban J connectivity index is 2.06. The molecular formula is C13H18FN. The van der Waals surface area contributed by atoms with E-state index in [-0.39, 0.29) is 11.4 Å². The zero-order valence-electron chi connectivity index (χ0n) is 9.33. The van der Waals surface area contributed by atoms with Crippen LogP contribution in [0.1, 0.15) is 38.2 Å². The van der Waals surface area contributed by atoms with E-state index in [1.54, 1.807) is 0 Å². The van der Waals surface area contributed by atoms with Gasteiger partial charge in [0.15, 0.2) is 0 Å². The molecule has 1 fully saturated rings. The maximum absolute atomic E-state index is 12.7. The summed E-state index contributed by atoms with van der Waals surface area (Å²) in [7, 11) is 0. The maximum atomic E-state index is 12.7. The number of hydrogen-bond donors (Lipinski definition) is 1. The molecule has 1 aliphatic rings. The predicted octanol–water partition coefficient (Wildman–Crippen LogP) is 3.06. The number of halogens is 1. The van der Waals surface area contributed by atoms with Gasteiger partial charge in [-0.1, -0.05) is 26.0 Å². The molecule has 0 spiro atoms. The first-order valence-electron chi connectivity index (χ1n) is 5.55. The summed E-state index contributed by atoms with van der Waals surface area (Å²) in [5, 5.41) is 0. The highest BCUT2D eigenvalue weighted by atomic mass is 19.1. The highest BCUT2D eigenvalue weighted by Gasteiger charge is 2.51. The fourth-order valence-corrected chi connectivity index (χ4v) is 2.45. The molecular weight excluding hydrogens is 189 g/mol. The molecule has 1 saturated carbocycles. The topological polar surface area (TPSA) is 26.0 Å². The van der Waals surface area contributed by atoms with E-state index in [9.17, 15) is 4.39 Å². The first-order valence-corrected chi connectivity index (χ1v) is 5.55. The molecule has 0 aliphatic heterocycles. The quantitative estimate of drug-likeness (QED) is 0.810. The summed E-state index contributed by atoms with van der Waals surface area (Å²) in [4.78, 5) is 0. The maximum Gasteiger partial charge on any atom is 0.123 e. The smallest absolute Gasteiger partial charge is 0.123 e. The molecule has 0 bridgehead atoms. The number of rotatable bonds is 3. The Morgan fingerprint density at radius 1 is 1.40 bits per heavy atom. The monoisotopic (exact) mass is 207 g/mol. The summed E-state index contributed by atoms with van der Waals surface area (Å²) in [6.07, 6.45) is 2.09. The van der Waals surface area contributed by atoms with Gasteiger partial charge in [0.1, 0.15) is 5.82 Å². The van der Waals surface area contributed by atoms with Crippen molar-refractivity contribution in [2.24, 2.45) is 11.7 Å². The zero-order valence-corrected chi connectivity index (χ0v) is 9.33. The van der Waals surface area contributed by atoms with Gasteiger partial charge < -0.3 is 5.73 Å². The first kappa shape index (κ1) is 10.6. The van der Waals surface area contributed by atoms with E-state index >= 15 is 0 Å². The molecule has 1 aromatic carbocycles. The van der Waals surface area contributed by atoms with Crippen molar-refractivity contribution >= 4 is 0 Å². The largest absolute Gasteiger partial charge is 0.325 e. The first-order chi connectivity index (χ1) is 7.01. The van der Waals surface area contributed by atoms with Crippen LogP contribution in [-0.4, -0.2) is 5.54 Å². The predicted molar refractivity (Wildman–Crippen MR) is 60.1 cm³/mol. The van der Waals surface area contributed by atoms with Crippen LogP contribution in [0.5, 0.6) is 0 Å². The highest BCUT2D eigenvalue weighted by Crippen LogP contribution is 2.52. The van der Waals surface area contributed by atoms with Gasteiger partial charge in [0.05, 0.1) is 0 Å². The molecule has 1 aromatic rings. The van der Waals surface area contributed by atoms with Crippen LogP contribution in [-0.2, 0) is 0 Å². The van der Waals surface area contributed by atoms with Crippen LogP contribution < -0.4 is 5.73 Å². The van der Waals surface area contributed by atoms with E-state index in [1.165, 1.54) is 17.7 Å². The van der Waals surface area contributed by atoms with Gasteiger partial charge in [-0.2, -0.15) is 0 Å². The summed E-state index contributed by atoms with van der Waals surface area (Å²) in [6, 6.07) is 6.75. The van der Waals surface area contributed by atoms with Gasteiger partial charge in [0.2, 0.25) is 0 Å². The Morgan fingerprint density at radius 3 is 2.53 bits per heavy atom. The van der Waals surface area contributed by atoms with Gasteiger partial charge in [-0.15, -0.1) is 0 Å². The lowest BCUT2D eigenvalue weighted by atomic mass is 9.98. The average Bonchev–Trinajstić information content (AvgIpc) is 2.77. The second-order valence-corrected chi connectivity index (χ2v) is 5.14. The normalized spacial score (nSPS) is 29.5. The van der Waals surface area contributed by atoms with E-state index in [2.05, 4.69) is 13.8 Å². The van der Waals surface area contributed by atoms with Crippen LogP contribution in [0.3, 0.4) is 0 Å². The molecule has 2 heteroatoms. The summed E-state index contributed by atoms with van der Waals surface area (Å²) >= 11 is 0. The second-order valence-electron chi connectivity index (χ2n) is 5.14. The molecule has 2 N–H and O–H groups in total. The molecule has 0 amide bonds. The molecule has 2 atom stereocenters. The van der Waals surface area contributed by atoms with Crippen molar-refractivity contribution in [3.05, 3.63) is 35.6 Å². The average molecular weight is 207 g/mol. The lowest BCUT2D eigenvalue weighted by Gasteiger charge is -2.14. The number of benzene rings is 1. The summed E-state index contributed by atoms with van der Waals surface area (Å²) in [5.74, 6) is 0.881. The van der Waals surface area contributed by atoms with Gasteiger partial charge in [0, 0.05) is 11.5 Å². The van der Waals surface area contributed by atoms with Crippen molar-refractivity contribution in [1.82, 2.24) is 0 Å². The molecule has 2 rings (SSSR count). The minimum Gasteiger partial charge on any atom is -0.325 e. The van der Waals surface area contributed by atoms with Crippen molar-refractivity contribution in [3.8, 4) is 0 Å². The van der Waals surface area contributed by atoms with E-state index in [0.717, 1.165) is 12.8 Å². The molecule has 15 heavy (non-hydrogen) atoms. The van der Waals surface area contributed by atoms with Crippen LogP contribution in [0.2, 0.25) is 0 Å². The third-order valence-electron chi connectivity index (χ3n) is 3.18. The van der Waals surface area contributed by atoms with E-state index < -0.39 is 0 Å². The molecule has 0 radical (unpaired) electrons. The van der Waals surface area contributed by atoms with Crippen LogP contribution in [0.15, 0.2) is 24.3 Å².